The molecule has 2 rings (SSSR count). The minimum absolute atomic E-state index is 0.00162. The van der Waals surface area contributed by atoms with Gasteiger partial charge in [-0.2, -0.15) is 0 Å². The van der Waals surface area contributed by atoms with E-state index in [4.69, 9.17) is 0 Å². The fraction of sp³-hybridized carbons (Fsp3) is 0.562. The SMILES string of the molecule is CC(C)[C@@H]1C(=O)N[C@@H](CO)CCc2ccccc2N1C. The van der Waals surface area contributed by atoms with E-state index in [1.165, 1.54) is 5.56 Å². The van der Waals surface area contributed by atoms with Crippen molar-refractivity contribution < 1.29 is 9.90 Å². The molecule has 0 spiro atoms. The van der Waals surface area contributed by atoms with Crippen molar-refractivity contribution >= 4 is 11.6 Å². The second-order valence-corrected chi connectivity index (χ2v) is 5.86. The summed E-state index contributed by atoms with van der Waals surface area (Å²) in [6.45, 7) is 4.09. The van der Waals surface area contributed by atoms with Crippen molar-refractivity contribution in [3.8, 4) is 0 Å². The number of anilines is 1. The molecule has 20 heavy (non-hydrogen) atoms. The molecule has 1 amide bonds. The fourth-order valence-corrected chi connectivity index (χ4v) is 2.97. The molecule has 2 atom stereocenters. The molecular weight excluding hydrogens is 252 g/mol. The lowest BCUT2D eigenvalue weighted by Gasteiger charge is -2.33. The standard InChI is InChI=1S/C16H24N2O2/c1-11(2)15-16(20)17-13(10-19)9-8-12-6-4-5-7-14(12)18(15)3/h4-7,11,13,15,19H,8-10H2,1-3H3,(H,17,20)/t13-,15-/m1/s1. The van der Waals surface area contributed by atoms with E-state index in [0.717, 1.165) is 18.5 Å². The molecule has 0 fully saturated rings. The van der Waals surface area contributed by atoms with Crippen LogP contribution in [0, 0.1) is 5.92 Å². The molecule has 1 aromatic carbocycles. The summed E-state index contributed by atoms with van der Waals surface area (Å²) < 4.78 is 0. The van der Waals surface area contributed by atoms with Crippen LogP contribution < -0.4 is 10.2 Å². The molecule has 110 valence electrons. The number of hydrogen-bond donors (Lipinski definition) is 2. The zero-order valence-corrected chi connectivity index (χ0v) is 12.5. The summed E-state index contributed by atoms with van der Waals surface area (Å²) in [4.78, 5) is 14.6. The van der Waals surface area contributed by atoms with Crippen molar-refractivity contribution in [2.45, 2.75) is 38.8 Å². The molecule has 0 saturated carbocycles. The van der Waals surface area contributed by atoms with Gasteiger partial charge in [-0.1, -0.05) is 32.0 Å². The molecule has 4 heteroatoms. The van der Waals surface area contributed by atoms with Crippen LogP contribution >= 0.6 is 0 Å². The van der Waals surface area contributed by atoms with Gasteiger partial charge in [0.2, 0.25) is 5.91 Å². The number of rotatable bonds is 2. The molecule has 1 aliphatic rings. The van der Waals surface area contributed by atoms with Crippen LogP contribution in [0.25, 0.3) is 0 Å². The smallest absolute Gasteiger partial charge is 0.243 e. The molecule has 0 radical (unpaired) electrons. The Bertz CT molecular complexity index is 473. The maximum Gasteiger partial charge on any atom is 0.243 e. The van der Waals surface area contributed by atoms with Crippen LogP contribution in [0.15, 0.2) is 24.3 Å². The van der Waals surface area contributed by atoms with Crippen molar-refractivity contribution in [1.29, 1.82) is 0 Å². The second kappa shape index (κ2) is 6.27. The summed E-state index contributed by atoms with van der Waals surface area (Å²) >= 11 is 0. The van der Waals surface area contributed by atoms with Gasteiger partial charge in [0.1, 0.15) is 6.04 Å². The molecule has 1 aliphatic heterocycles. The van der Waals surface area contributed by atoms with E-state index in [0.29, 0.717) is 0 Å². The molecule has 0 aromatic heterocycles. The van der Waals surface area contributed by atoms with Gasteiger partial charge in [-0.15, -0.1) is 0 Å². The first-order valence-electron chi connectivity index (χ1n) is 7.26. The van der Waals surface area contributed by atoms with Gasteiger partial charge in [-0.3, -0.25) is 4.79 Å². The van der Waals surface area contributed by atoms with Gasteiger partial charge in [-0.05, 0) is 30.4 Å². The Morgan fingerprint density at radius 3 is 2.75 bits per heavy atom. The highest BCUT2D eigenvalue weighted by molar-refractivity contribution is 5.86. The lowest BCUT2D eigenvalue weighted by molar-refractivity contribution is -0.124. The highest BCUT2D eigenvalue weighted by Crippen LogP contribution is 2.26. The quantitative estimate of drug-likeness (QED) is 0.862. The van der Waals surface area contributed by atoms with E-state index < -0.39 is 0 Å². The molecule has 1 aromatic rings. The Hall–Kier alpha value is -1.55. The number of aliphatic hydroxyl groups is 1. The summed E-state index contributed by atoms with van der Waals surface area (Å²) in [7, 11) is 1.97. The summed E-state index contributed by atoms with van der Waals surface area (Å²) in [5.74, 6) is 0.198. The number of amides is 1. The van der Waals surface area contributed by atoms with Crippen LogP contribution in [0.3, 0.4) is 0 Å². The molecule has 4 nitrogen and oxygen atoms in total. The number of likely N-dealkylation sites (N-methyl/N-ethyl adjacent to an activating group) is 1. The number of para-hydroxylation sites is 1. The Labute approximate surface area is 120 Å². The van der Waals surface area contributed by atoms with Gasteiger partial charge in [0.15, 0.2) is 0 Å². The highest BCUT2D eigenvalue weighted by Gasteiger charge is 2.30. The first-order valence-corrected chi connectivity index (χ1v) is 7.26. The first kappa shape index (κ1) is 14.9. The Balaban J connectivity index is 2.43. The van der Waals surface area contributed by atoms with E-state index in [-0.39, 0.29) is 30.5 Å². The van der Waals surface area contributed by atoms with Gasteiger partial charge in [-0.25, -0.2) is 0 Å². The molecule has 0 aliphatic carbocycles. The summed E-state index contributed by atoms with van der Waals surface area (Å²) in [5, 5.41) is 12.4. The number of carbonyl (C=O) groups excluding carboxylic acids is 1. The van der Waals surface area contributed by atoms with Crippen LogP contribution in [0.2, 0.25) is 0 Å². The van der Waals surface area contributed by atoms with Gasteiger partial charge in [0.05, 0.1) is 12.6 Å². The highest BCUT2D eigenvalue weighted by atomic mass is 16.3. The largest absolute Gasteiger partial charge is 0.394 e. The van der Waals surface area contributed by atoms with E-state index in [9.17, 15) is 9.90 Å². The lowest BCUT2D eigenvalue weighted by Crippen LogP contribution is -2.51. The molecule has 0 saturated heterocycles. The Kier molecular flexibility index (Phi) is 4.65. The van der Waals surface area contributed by atoms with Crippen molar-refractivity contribution in [1.82, 2.24) is 5.32 Å². The third-order valence-corrected chi connectivity index (χ3v) is 4.02. The van der Waals surface area contributed by atoms with Crippen molar-refractivity contribution in [3.63, 3.8) is 0 Å². The number of aliphatic hydroxyl groups excluding tert-OH is 1. The third-order valence-electron chi connectivity index (χ3n) is 4.02. The van der Waals surface area contributed by atoms with Crippen LogP contribution in [0.4, 0.5) is 5.69 Å². The number of hydrogen-bond acceptors (Lipinski definition) is 3. The molecular formula is C16H24N2O2. The zero-order valence-electron chi connectivity index (χ0n) is 12.5. The predicted octanol–water partition coefficient (Wildman–Crippen LogP) is 1.57. The molecule has 2 N–H and O–H groups in total. The maximum atomic E-state index is 12.5. The van der Waals surface area contributed by atoms with Crippen LogP contribution in [-0.4, -0.2) is 36.8 Å². The maximum absolute atomic E-state index is 12.5. The summed E-state index contributed by atoms with van der Waals surface area (Å²) in [6, 6.07) is 7.82. The van der Waals surface area contributed by atoms with Crippen LogP contribution in [-0.2, 0) is 11.2 Å². The zero-order chi connectivity index (χ0) is 14.7. The molecule has 0 bridgehead atoms. The number of carbonyl (C=O) groups is 1. The molecule has 0 unspecified atom stereocenters. The predicted molar refractivity (Wildman–Crippen MR) is 80.8 cm³/mol. The fourth-order valence-electron chi connectivity index (χ4n) is 2.97. The van der Waals surface area contributed by atoms with Crippen LogP contribution in [0.5, 0.6) is 0 Å². The number of fused-ring (bicyclic) bond motifs is 1. The minimum Gasteiger partial charge on any atom is -0.394 e. The van der Waals surface area contributed by atoms with Gasteiger partial charge in [0, 0.05) is 12.7 Å². The monoisotopic (exact) mass is 276 g/mol. The lowest BCUT2D eigenvalue weighted by atomic mass is 10.00. The van der Waals surface area contributed by atoms with Gasteiger partial charge < -0.3 is 15.3 Å². The second-order valence-electron chi connectivity index (χ2n) is 5.86. The summed E-state index contributed by atoms with van der Waals surface area (Å²) in [5.41, 5.74) is 2.34. The number of aryl methyl sites for hydroxylation is 1. The van der Waals surface area contributed by atoms with E-state index >= 15 is 0 Å². The van der Waals surface area contributed by atoms with Crippen molar-refractivity contribution in [2.75, 3.05) is 18.6 Å². The normalized spacial score (nSPS) is 23.6. The molecule has 1 heterocycles. The van der Waals surface area contributed by atoms with Gasteiger partial charge in [0.25, 0.3) is 0 Å². The van der Waals surface area contributed by atoms with Crippen LogP contribution in [0.1, 0.15) is 25.8 Å². The number of nitrogens with zero attached hydrogens (tertiary/aromatic N) is 1. The topological polar surface area (TPSA) is 52.6 Å². The third kappa shape index (κ3) is 2.96. The van der Waals surface area contributed by atoms with E-state index in [1.54, 1.807) is 0 Å². The first-order chi connectivity index (χ1) is 9.54. The Morgan fingerprint density at radius 1 is 1.40 bits per heavy atom. The van der Waals surface area contributed by atoms with E-state index in [1.807, 2.05) is 19.2 Å². The van der Waals surface area contributed by atoms with Crippen molar-refractivity contribution in [3.05, 3.63) is 29.8 Å². The number of benzene rings is 1. The average Bonchev–Trinajstić information content (AvgIpc) is 2.47. The summed E-state index contributed by atoms with van der Waals surface area (Å²) in [6.07, 6.45) is 1.62. The van der Waals surface area contributed by atoms with Crippen molar-refractivity contribution in [2.24, 2.45) is 5.92 Å². The number of nitrogens with one attached hydrogen (secondary N) is 1. The Morgan fingerprint density at radius 2 is 2.10 bits per heavy atom. The van der Waals surface area contributed by atoms with E-state index in [2.05, 4.69) is 36.2 Å². The van der Waals surface area contributed by atoms with Gasteiger partial charge >= 0.3 is 0 Å². The average molecular weight is 276 g/mol. The minimum atomic E-state index is -0.219.